The molecule has 3 nitrogen and oxygen atoms in total. The van der Waals surface area contributed by atoms with Crippen molar-refractivity contribution in [3.8, 4) is 5.75 Å². The molecule has 0 saturated heterocycles. The standard InChI is InChI=1S/C19H16N2O/c20-16-11-5-6-12-17(16)21-19(14-8-2-1-3-9-14)15-10-4-7-13-18(15)22/h1-13,22H,20H2. The minimum atomic E-state index is 0.194. The average molecular weight is 288 g/mol. The molecule has 0 aliphatic rings. The van der Waals surface area contributed by atoms with E-state index in [1.807, 2.05) is 66.7 Å². The topological polar surface area (TPSA) is 58.6 Å². The lowest BCUT2D eigenvalue weighted by atomic mass is 10.0. The van der Waals surface area contributed by atoms with Gasteiger partial charge in [-0.15, -0.1) is 0 Å². The molecule has 22 heavy (non-hydrogen) atoms. The van der Waals surface area contributed by atoms with Crippen LogP contribution in [-0.2, 0) is 0 Å². The van der Waals surface area contributed by atoms with Crippen molar-refractivity contribution in [3.05, 3.63) is 90.0 Å². The number of nitrogen functional groups attached to an aromatic ring is 1. The molecule has 3 aromatic carbocycles. The minimum absolute atomic E-state index is 0.194. The van der Waals surface area contributed by atoms with Crippen LogP contribution in [0.15, 0.2) is 83.9 Å². The normalized spacial score (nSPS) is 11.4. The van der Waals surface area contributed by atoms with Crippen molar-refractivity contribution in [1.29, 1.82) is 0 Å². The number of aliphatic imine (C=N–C) groups is 1. The molecule has 108 valence electrons. The van der Waals surface area contributed by atoms with Crippen molar-refractivity contribution in [1.82, 2.24) is 0 Å². The van der Waals surface area contributed by atoms with Crippen molar-refractivity contribution in [2.24, 2.45) is 4.99 Å². The summed E-state index contributed by atoms with van der Waals surface area (Å²) in [6, 6.07) is 24.4. The van der Waals surface area contributed by atoms with E-state index in [2.05, 4.69) is 0 Å². The van der Waals surface area contributed by atoms with Crippen LogP contribution in [0, 0.1) is 0 Å². The summed E-state index contributed by atoms with van der Waals surface area (Å²) in [6.45, 7) is 0. The summed E-state index contributed by atoms with van der Waals surface area (Å²) < 4.78 is 0. The summed E-state index contributed by atoms with van der Waals surface area (Å²) in [4.78, 5) is 4.69. The highest BCUT2D eigenvalue weighted by molar-refractivity contribution is 6.15. The number of hydrogen-bond donors (Lipinski definition) is 2. The summed E-state index contributed by atoms with van der Waals surface area (Å²) >= 11 is 0. The van der Waals surface area contributed by atoms with Crippen LogP contribution >= 0.6 is 0 Å². The van der Waals surface area contributed by atoms with Gasteiger partial charge >= 0.3 is 0 Å². The molecule has 3 rings (SSSR count). The minimum Gasteiger partial charge on any atom is -0.507 e. The van der Waals surface area contributed by atoms with E-state index in [-0.39, 0.29) is 5.75 Å². The second-order valence-corrected chi connectivity index (χ2v) is 4.90. The number of benzene rings is 3. The van der Waals surface area contributed by atoms with Gasteiger partial charge < -0.3 is 10.8 Å². The van der Waals surface area contributed by atoms with Crippen molar-refractivity contribution >= 4 is 17.1 Å². The first kappa shape index (κ1) is 13.9. The largest absolute Gasteiger partial charge is 0.507 e. The molecule has 0 aliphatic heterocycles. The van der Waals surface area contributed by atoms with Crippen LogP contribution in [0.4, 0.5) is 11.4 Å². The predicted octanol–water partition coefficient (Wildman–Crippen LogP) is 4.14. The molecule has 0 aliphatic carbocycles. The number of aromatic hydroxyl groups is 1. The molecule has 0 bridgehead atoms. The van der Waals surface area contributed by atoms with Crippen molar-refractivity contribution in [2.45, 2.75) is 0 Å². The number of phenols is 1. The molecule has 3 aromatic rings. The third-order valence-electron chi connectivity index (χ3n) is 3.38. The van der Waals surface area contributed by atoms with Gasteiger partial charge in [-0.3, -0.25) is 0 Å². The van der Waals surface area contributed by atoms with Crippen LogP contribution in [0.25, 0.3) is 0 Å². The fraction of sp³-hybridized carbons (Fsp3) is 0. The lowest BCUT2D eigenvalue weighted by Gasteiger charge is -2.10. The maximum atomic E-state index is 10.2. The summed E-state index contributed by atoms with van der Waals surface area (Å²) in [7, 11) is 0. The first-order valence-electron chi connectivity index (χ1n) is 7.02. The molecule has 3 N–H and O–H groups in total. The molecule has 0 fully saturated rings. The fourth-order valence-electron chi connectivity index (χ4n) is 2.26. The van der Waals surface area contributed by atoms with Crippen LogP contribution in [0.5, 0.6) is 5.75 Å². The van der Waals surface area contributed by atoms with E-state index in [4.69, 9.17) is 10.7 Å². The van der Waals surface area contributed by atoms with E-state index in [0.717, 1.165) is 5.56 Å². The number of hydrogen-bond acceptors (Lipinski definition) is 3. The quantitative estimate of drug-likeness (QED) is 0.562. The van der Waals surface area contributed by atoms with Crippen LogP contribution in [0.3, 0.4) is 0 Å². The Morgan fingerprint density at radius 2 is 1.41 bits per heavy atom. The van der Waals surface area contributed by atoms with Crippen LogP contribution in [0.2, 0.25) is 0 Å². The van der Waals surface area contributed by atoms with E-state index in [1.54, 1.807) is 12.1 Å². The highest BCUT2D eigenvalue weighted by Gasteiger charge is 2.11. The Kier molecular flexibility index (Phi) is 3.88. The first-order valence-corrected chi connectivity index (χ1v) is 7.02. The molecule has 0 aromatic heterocycles. The average Bonchev–Trinajstić information content (AvgIpc) is 2.56. The van der Waals surface area contributed by atoms with Crippen molar-refractivity contribution in [2.75, 3.05) is 5.73 Å². The number of nitrogens with two attached hydrogens (primary N) is 1. The number of nitrogens with zero attached hydrogens (tertiary/aromatic N) is 1. The molecular weight excluding hydrogens is 272 g/mol. The molecular formula is C19H16N2O. The van der Waals surface area contributed by atoms with E-state index in [9.17, 15) is 5.11 Å². The van der Waals surface area contributed by atoms with Crippen molar-refractivity contribution < 1.29 is 5.11 Å². The smallest absolute Gasteiger partial charge is 0.124 e. The Bertz CT molecular complexity index is 810. The molecule has 3 heteroatoms. The van der Waals surface area contributed by atoms with Crippen LogP contribution < -0.4 is 5.73 Å². The Morgan fingerprint density at radius 3 is 2.14 bits per heavy atom. The summed E-state index contributed by atoms with van der Waals surface area (Å²) in [6.07, 6.45) is 0. The molecule has 0 heterocycles. The first-order chi connectivity index (χ1) is 10.8. The second-order valence-electron chi connectivity index (χ2n) is 4.90. The predicted molar refractivity (Wildman–Crippen MR) is 90.7 cm³/mol. The summed E-state index contributed by atoms with van der Waals surface area (Å²) in [5.74, 6) is 0.194. The van der Waals surface area contributed by atoms with E-state index in [0.29, 0.717) is 22.6 Å². The lowest BCUT2D eigenvalue weighted by Crippen LogP contribution is -2.03. The second kappa shape index (κ2) is 6.14. The third kappa shape index (κ3) is 2.83. The summed E-state index contributed by atoms with van der Waals surface area (Å²) in [5, 5.41) is 10.2. The van der Waals surface area contributed by atoms with Gasteiger partial charge in [-0.1, -0.05) is 54.6 Å². The van der Waals surface area contributed by atoms with Gasteiger partial charge in [0, 0.05) is 11.1 Å². The number of rotatable bonds is 3. The Labute approximate surface area is 129 Å². The number of anilines is 1. The number of phenolic OH excluding ortho intramolecular Hbond substituents is 1. The Balaban J connectivity index is 2.21. The van der Waals surface area contributed by atoms with Gasteiger partial charge in [0.1, 0.15) is 5.75 Å². The van der Waals surface area contributed by atoms with Crippen LogP contribution in [0.1, 0.15) is 11.1 Å². The number of para-hydroxylation sites is 3. The van der Waals surface area contributed by atoms with E-state index >= 15 is 0 Å². The van der Waals surface area contributed by atoms with Crippen LogP contribution in [-0.4, -0.2) is 10.8 Å². The van der Waals surface area contributed by atoms with Gasteiger partial charge in [0.05, 0.1) is 17.1 Å². The van der Waals surface area contributed by atoms with Gasteiger partial charge in [-0.05, 0) is 24.3 Å². The molecule has 0 saturated carbocycles. The third-order valence-corrected chi connectivity index (χ3v) is 3.38. The zero-order chi connectivity index (χ0) is 15.4. The molecule has 0 spiro atoms. The highest BCUT2D eigenvalue weighted by atomic mass is 16.3. The monoisotopic (exact) mass is 288 g/mol. The molecule has 0 atom stereocenters. The highest BCUT2D eigenvalue weighted by Crippen LogP contribution is 2.27. The summed E-state index contributed by atoms with van der Waals surface area (Å²) in [5.41, 5.74) is 9.57. The fourth-order valence-corrected chi connectivity index (χ4v) is 2.26. The zero-order valence-corrected chi connectivity index (χ0v) is 12.0. The Hall–Kier alpha value is -3.07. The molecule has 0 unspecified atom stereocenters. The van der Waals surface area contributed by atoms with Gasteiger partial charge in [-0.25, -0.2) is 4.99 Å². The van der Waals surface area contributed by atoms with Gasteiger partial charge in [0.2, 0.25) is 0 Å². The van der Waals surface area contributed by atoms with E-state index < -0.39 is 0 Å². The van der Waals surface area contributed by atoms with Crippen molar-refractivity contribution in [3.63, 3.8) is 0 Å². The SMILES string of the molecule is Nc1ccccc1N=C(c1ccccc1)c1ccccc1O. The lowest BCUT2D eigenvalue weighted by molar-refractivity contribution is 0.474. The van der Waals surface area contributed by atoms with Gasteiger partial charge in [0.25, 0.3) is 0 Å². The molecule has 0 amide bonds. The molecule has 0 radical (unpaired) electrons. The Morgan fingerprint density at radius 1 is 0.773 bits per heavy atom. The van der Waals surface area contributed by atoms with Gasteiger partial charge in [-0.2, -0.15) is 0 Å². The van der Waals surface area contributed by atoms with E-state index in [1.165, 1.54) is 0 Å². The maximum absolute atomic E-state index is 10.2. The maximum Gasteiger partial charge on any atom is 0.124 e. The zero-order valence-electron chi connectivity index (χ0n) is 12.0. The van der Waals surface area contributed by atoms with Gasteiger partial charge in [0.15, 0.2) is 0 Å².